The lowest BCUT2D eigenvalue weighted by atomic mass is 10.1. The van der Waals surface area contributed by atoms with E-state index in [2.05, 4.69) is 5.32 Å². The number of fused-ring (bicyclic) bond motifs is 1. The van der Waals surface area contributed by atoms with Crippen LogP contribution in [0.1, 0.15) is 15.9 Å². The second-order valence-corrected chi connectivity index (χ2v) is 7.81. The second kappa shape index (κ2) is 4.93. The average Bonchev–Trinajstić information content (AvgIpc) is 2.92. The first-order chi connectivity index (χ1) is 9.44. The van der Waals surface area contributed by atoms with E-state index >= 15 is 0 Å². The summed E-state index contributed by atoms with van der Waals surface area (Å²) < 4.78 is 28.3. The van der Waals surface area contributed by atoms with Gasteiger partial charge in [0, 0.05) is 12.0 Å². The molecule has 2 heterocycles. The normalized spacial score (nSPS) is 26.9. The number of hydrogen-bond donors (Lipinski definition) is 1. The van der Waals surface area contributed by atoms with Crippen LogP contribution in [0.4, 0.5) is 0 Å². The van der Waals surface area contributed by atoms with Crippen molar-refractivity contribution in [1.82, 2.24) is 5.32 Å². The lowest BCUT2D eigenvalue weighted by molar-refractivity contribution is 0.0941. The monoisotopic (exact) mass is 315 g/mol. The molecule has 1 N–H and O–H groups in total. The molecule has 1 aromatic rings. The van der Waals surface area contributed by atoms with Crippen LogP contribution in [0, 0.1) is 0 Å². The molecule has 2 aliphatic rings. The van der Waals surface area contributed by atoms with Crippen molar-refractivity contribution in [3.8, 4) is 5.75 Å². The van der Waals surface area contributed by atoms with Crippen LogP contribution in [0.3, 0.4) is 0 Å². The summed E-state index contributed by atoms with van der Waals surface area (Å²) in [6, 6.07) is 4.69. The first-order valence-corrected chi connectivity index (χ1v) is 8.61. The van der Waals surface area contributed by atoms with Crippen LogP contribution in [0.15, 0.2) is 18.2 Å². The van der Waals surface area contributed by atoms with Crippen LogP contribution in [0.2, 0.25) is 0 Å². The number of hydrogen-bond acceptors (Lipinski definition) is 4. The molecule has 0 bridgehead atoms. The van der Waals surface area contributed by atoms with Gasteiger partial charge in [0.2, 0.25) is 0 Å². The topological polar surface area (TPSA) is 72.5 Å². The molecule has 5 nitrogen and oxygen atoms in total. The van der Waals surface area contributed by atoms with Gasteiger partial charge in [-0.25, -0.2) is 8.42 Å². The Labute approximate surface area is 122 Å². The van der Waals surface area contributed by atoms with Gasteiger partial charge >= 0.3 is 0 Å². The van der Waals surface area contributed by atoms with Gasteiger partial charge < -0.3 is 10.1 Å². The third-order valence-corrected chi connectivity index (χ3v) is 5.93. The molecule has 0 spiro atoms. The van der Waals surface area contributed by atoms with Crippen molar-refractivity contribution in [2.24, 2.45) is 0 Å². The van der Waals surface area contributed by atoms with Gasteiger partial charge in [-0.2, -0.15) is 0 Å². The number of carbonyl (C=O) groups is 1. The van der Waals surface area contributed by atoms with Gasteiger partial charge in [-0.1, -0.05) is 0 Å². The largest absolute Gasteiger partial charge is 0.493 e. The number of amides is 1. The highest BCUT2D eigenvalue weighted by molar-refractivity contribution is 7.91. The Hall–Kier alpha value is -1.27. The number of carbonyl (C=O) groups excluding carboxylic acids is 1. The molecule has 108 valence electrons. The van der Waals surface area contributed by atoms with E-state index in [1.165, 1.54) is 0 Å². The van der Waals surface area contributed by atoms with Crippen LogP contribution >= 0.6 is 11.6 Å². The first-order valence-electron chi connectivity index (χ1n) is 6.36. The summed E-state index contributed by atoms with van der Waals surface area (Å²) in [6.45, 7) is 0.630. The summed E-state index contributed by atoms with van der Waals surface area (Å²) in [5.41, 5.74) is 1.50. The van der Waals surface area contributed by atoms with E-state index in [0.717, 1.165) is 17.7 Å². The Morgan fingerprint density at radius 3 is 2.85 bits per heavy atom. The van der Waals surface area contributed by atoms with E-state index in [-0.39, 0.29) is 17.4 Å². The number of rotatable bonds is 2. The summed E-state index contributed by atoms with van der Waals surface area (Å²) in [7, 11) is -3.15. The highest BCUT2D eigenvalue weighted by atomic mass is 35.5. The quantitative estimate of drug-likeness (QED) is 0.818. The average molecular weight is 316 g/mol. The minimum atomic E-state index is -3.15. The van der Waals surface area contributed by atoms with Gasteiger partial charge in [-0.05, 0) is 23.8 Å². The van der Waals surface area contributed by atoms with Crippen molar-refractivity contribution in [2.75, 3.05) is 18.1 Å². The Bertz CT molecular complexity index is 658. The third-order valence-electron chi connectivity index (χ3n) is 3.55. The molecule has 1 aromatic carbocycles. The zero-order valence-electron chi connectivity index (χ0n) is 10.6. The molecule has 3 rings (SSSR count). The van der Waals surface area contributed by atoms with Gasteiger partial charge in [0.05, 0.1) is 29.5 Å². The van der Waals surface area contributed by atoms with E-state index in [0.29, 0.717) is 12.2 Å². The van der Waals surface area contributed by atoms with Crippen molar-refractivity contribution in [3.05, 3.63) is 29.3 Å². The van der Waals surface area contributed by atoms with Crippen molar-refractivity contribution in [3.63, 3.8) is 0 Å². The Morgan fingerprint density at radius 1 is 1.35 bits per heavy atom. The van der Waals surface area contributed by atoms with Gasteiger partial charge in [-0.3, -0.25) is 4.79 Å². The SMILES string of the molecule is O=C(NC1CS(=O)(=O)CC1Cl)c1ccc2c(c1)CCO2. The zero-order valence-corrected chi connectivity index (χ0v) is 12.2. The lowest BCUT2D eigenvalue weighted by Crippen LogP contribution is -2.40. The minimum absolute atomic E-state index is 0.0858. The Morgan fingerprint density at radius 2 is 2.15 bits per heavy atom. The van der Waals surface area contributed by atoms with Crippen LogP contribution in [-0.2, 0) is 16.3 Å². The molecular weight excluding hydrogens is 302 g/mol. The number of nitrogens with one attached hydrogen (secondary N) is 1. The first kappa shape index (κ1) is 13.7. The number of ether oxygens (including phenoxy) is 1. The molecule has 1 saturated heterocycles. The molecule has 0 saturated carbocycles. The Balaban J connectivity index is 1.74. The van der Waals surface area contributed by atoms with Crippen molar-refractivity contribution in [1.29, 1.82) is 0 Å². The van der Waals surface area contributed by atoms with Crippen molar-refractivity contribution in [2.45, 2.75) is 17.8 Å². The summed E-state index contributed by atoms with van der Waals surface area (Å²) in [4.78, 5) is 12.2. The number of benzene rings is 1. The summed E-state index contributed by atoms with van der Waals surface area (Å²) in [5, 5.41) is 2.13. The van der Waals surface area contributed by atoms with Crippen LogP contribution < -0.4 is 10.1 Å². The third kappa shape index (κ3) is 2.62. The highest BCUT2D eigenvalue weighted by Crippen LogP contribution is 2.26. The van der Waals surface area contributed by atoms with Crippen molar-refractivity contribution < 1.29 is 17.9 Å². The molecule has 0 radical (unpaired) electrons. The fourth-order valence-corrected chi connectivity index (χ4v) is 5.07. The molecule has 2 unspecified atom stereocenters. The predicted molar refractivity (Wildman–Crippen MR) is 75.2 cm³/mol. The maximum atomic E-state index is 12.2. The maximum Gasteiger partial charge on any atom is 0.251 e. The zero-order chi connectivity index (χ0) is 14.3. The molecule has 20 heavy (non-hydrogen) atoms. The summed E-state index contributed by atoms with van der Waals surface area (Å²) in [5.74, 6) is 0.325. The van der Waals surface area contributed by atoms with Gasteiger partial charge in [0.15, 0.2) is 9.84 Å². The van der Waals surface area contributed by atoms with E-state index in [1.807, 2.05) is 0 Å². The highest BCUT2D eigenvalue weighted by Gasteiger charge is 2.37. The van der Waals surface area contributed by atoms with Crippen LogP contribution in [0.25, 0.3) is 0 Å². The van der Waals surface area contributed by atoms with Crippen LogP contribution in [-0.4, -0.2) is 43.9 Å². The summed E-state index contributed by atoms with van der Waals surface area (Å²) in [6.07, 6.45) is 0.784. The maximum absolute atomic E-state index is 12.2. The minimum Gasteiger partial charge on any atom is -0.493 e. The van der Waals surface area contributed by atoms with Crippen molar-refractivity contribution >= 4 is 27.3 Å². The molecule has 2 aliphatic heterocycles. The standard InChI is InChI=1S/C13H14ClNO4S/c14-10-6-20(17,18)7-11(10)15-13(16)9-1-2-12-8(5-9)3-4-19-12/h1-2,5,10-11H,3-4,6-7H2,(H,15,16). The smallest absolute Gasteiger partial charge is 0.251 e. The van der Waals surface area contributed by atoms with Gasteiger partial charge in [-0.15, -0.1) is 11.6 Å². The van der Waals surface area contributed by atoms with E-state index in [4.69, 9.17) is 16.3 Å². The second-order valence-electron chi connectivity index (χ2n) is 5.09. The van der Waals surface area contributed by atoms with Gasteiger partial charge in [0.1, 0.15) is 5.75 Å². The number of alkyl halides is 1. The molecule has 2 atom stereocenters. The number of sulfone groups is 1. The molecule has 1 amide bonds. The fourth-order valence-electron chi connectivity index (χ4n) is 2.52. The van der Waals surface area contributed by atoms with E-state index < -0.39 is 21.3 Å². The predicted octanol–water partition coefficient (Wildman–Crippen LogP) is 0.756. The van der Waals surface area contributed by atoms with Gasteiger partial charge in [0.25, 0.3) is 5.91 Å². The molecular formula is C13H14ClNO4S. The molecule has 0 aromatic heterocycles. The summed E-state index contributed by atoms with van der Waals surface area (Å²) >= 11 is 5.97. The Kier molecular flexibility index (Phi) is 3.38. The fraction of sp³-hybridized carbons (Fsp3) is 0.462. The van der Waals surface area contributed by atoms with E-state index in [1.54, 1.807) is 18.2 Å². The molecule has 0 aliphatic carbocycles. The van der Waals surface area contributed by atoms with Crippen LogP contribution in [0.5, 0.6) is 5.75 Å². The number of halogens is 1. The molecule has 7 heteroatoms. The lowest BCUT2D eigenvalue weighted by Gasteiger charge is -2.14. The molecule has 1 fully saturated rings. The van der Waals surface area contributed by atoms with E-state index in [9.17, 15) is 13.2 Å².